The molecule has 0 aliphatic rings. The fourth-order valence-electron chi connectivity index (χ4n) is 2.28. The monoisotopic (exact) mass is 375 g/mol. The van der Waals surface area contributed by atoms with Gasteiger partial charge in [0, 0.05) is 18.4 Å². The van der Waals surface area contributed by atoms with Crippen LogP contribution in [0.15, 0.2) is 53.1 Å². The van der Waals surface area contributed by atoms with Crippen LogP contribution in [0.1, 0.15) is 18.7 Å². The van der Waals surface area contributed by atoms with Gasteiger partial charge < -0.3 is 9.84 Å². The predicted molar refractivity (Wildman–Crippen MR) is 97.8 cm³/mol. The average Bonchev–Trinajstić information content (AvgIpc) is 3.06. The molecule has 3 aromatic rings. The van der Waals surface area contributed by atoms with Crippen molar-refractivity contribution in [1.29, 1.82) is 0 Å². The molecule has 0 saturated carbocycles. The standard InChI is InChI=1S/C18H15Cl2N3O2/c19-13-7-2-1-6-12(13)18-22-17(25-23-18)11-5-10-16(24)21-15-9-4-3-8-14(15)20/h1-4,6-9H,5,10-11H2,(H,21,24). The lowest BCUT2D eigenvalue weighted by atomic mass is 10.2. The third-order valence-corrected chi connectivity index (χ3v) is 4.18. The van der Waals surface area contributed by atoms with Crippen molar-refractivity contribution < 1.29 is 9.32 Å². The Bertz CT molecular complexity index is 880. The van der Waals surface area contributed by atoms with Crippen molar-refractivity contribution >= 4 is 34.8 Å². The fraction of sp³-hybridized carbons (Fsp3) is 0.167. The van der Waals surface area contributed by atoms with Crippen molar-refractivity contribution in [3.05, 3.63) is 64.5 Å². The molecule has 25 heavy (non-hydrogen) atoms. The van der Waals surface area contributed by atoms with Crippen molar-refractivity contribution in [2.45, 2.75) is 19.3 Å². The summed E-state index contributed by atoms with van der Waals surface area (Å²) in [7, 11) is 0. The molecule has 2 aromatic carbocycles. The van der Waals surface area contributed by atoms with Gasteiger partial charge in [0.2, 0.25) is 17.6 Å². The van der Waals surface area contributed by atoms with Crippen molar-refractivity contribution in [1.82, 2.24) is 10.1 Å². The van der Waals surface area contributed by atoms with E-state index in [0.29, 0.717) is 46.7 Å². The van der Waals surface area contributed by atoms with Crippen LogP contribution in [-0.4, -0.2) is 16.0 Å². The second-order valence-electron chi connectivity index (χ2n) is 5.37. The number of aryl methyl sites for hydroxylation is 1. The van der Waals surface area contributed by atoms with Gasteiger partial charge in [0.15, 0.2) is 0 Å². The van der Waals surface area contributed by atoms with Crippen molar-refractivity contribution in [3.63, 3.8) is 0 Å². The minimum atomic E-state index is -0.112. The molecule has 128 valence electrons. The highest BCUT2D eigenvalue weighted by atomic mass is 35.5. The number of hydrogen-bond acceptors (Lipinski definition) is 4. The molecular formula is C18H15Cl2N3O2. The quantitative estimate of drug-likeness (QED) is 0.657. The first-order chi connectivity index (χ1) is 12.1. The number of carbonyl (C=O) groups excluding carboxylic acids is 1. The van der Waals surface area contributed by atoms with Gasteiger partial charge in [-0.1, -0.05) is 52.6 Å². The summed E-state index contributed by atoms with van der Waals surface area (Å²) in [4.78, 5) is 16.3. The van der Waals surface area contributed by atoms with E-state index in [1.807, 2.05) is 30.3 Å². The van der Waals surface area contributed by atoms with Crippen molar-refractivity contribution in [2.75, 3.05) is 5.32 Å². The first kappa shape index (κ1) is 17.5. The van der Waals surface area contributed by atoms with E-state index in [0.717, 1.165) is 5.56 Å². The molecule has 0 aliphatic carbocycles. The Balaban J connectivity index is 1.52. The molecule has 0 bridgehead atoms. The third kappa shape index (κ3) is 4.59. The van der Waals surface area contributed by atoms with Crippen LogP contribution < -0.4 is 5.32 Å². The summed E-state index contributed by atoms with van der Waals surface area (Å²) in [6.07, 6.45) is 1.42. The minimum absolute atomic E-state index is 0.112. The highest BCUT2D eigenvalue weighted by molar-refractivity contribution is 6.33. The van der Waals surface area contributed by atoms with E-state index in [1.165, 1.54) is 0 Å². The molecule has 1 amide bonds. The number of halogens is 2. The number of para-hydroxylation sites is 1. The smallest absolute Gasteiger partial charge is 0.226 e. The maximum atomic E-state index is 12.0. The molecule has 0 fully saturated rings. The predicted octanol–water partition coefficient (Wildman–Crippen LogP) is 5.00. The van der Waals surface area contributed by atoms with Gasteiger partial charge in [-0.15, -0.1) is 0 Å². The highest BCUT2D eigenvalue weighted by Crippen LogP contribution is 2.25. The van der Waals surface area contributed by atoms with Crippen molar-refractivity contribution in [3.8, 4) is 11.4 Å². The van der Waals surface area contributed by atoms with Gasteiger partial charge >= 0.3 is 0 Å². The molecular weight excluding hydrogens is 361 g/mol. The van der Waals surface area contributed by atoms with Crippen LogP contribution in [0, 0.1) is 0 Å². The number of nitrogens with one attached hydrogen (secondary N) is 1. The highest BCUT2D eigenvalue weighted by Gasteiger charge is 2.12. The number of rotatable bonds is 6. The fourth-order valence-corrected chi connectivity index (χ4v) is 2.69. The summed E-state index contributed by atoms with van der Waals surface area (Å²) in [5, 5.41) is 7.79. The Kier molecular flexibility index (Phi) is 5.68. The Morgan fingerprint density at radius 2 is 1.76 bits per heavy atom. The van der Waals surface area contributed by atoms with E-state index in [4.69, 9.17) is 27.7 Å². The Morgan fingerprint density at radius 3 is 2.52 bits per heavy atom. The van der Waals surface area contributed by atoms with Gasteiger partial charge in [-0.25, -0.2) is 0 Å². The largest absolute Gasteiger partial charge is 0.339 e. The van der Waals surface area contributed by atoms with Gasteiger partial charge in [-0.2, -0.15) is 4.98 Å². The molecule has 0 unspecified atom stereocenters. The number of nitrogens with zero attached hydrogens (tertiary/aromatic N) is 2. The summed E-state index contributed by atoms with van der Waals surface area (Å²) < 4.78 is 5.22. The molecule has 0 spiro atoms. The summed E-state index contributed by atoms with van der Waals surface area (Å²) in [6, 6.07) is 14.4. The van der Waals surface area contributed by atoms with Gasteiger partial charge in [0.25, 0.3) is 0 Å². The molecule has 7 heteroatoms. The topological polar surface area (TPSA) is 68.0 Å². The van der Waals surface area contributed by atoms with Crippen LogP contribution >= 0.6 is 23.2 Å². The third-order valence-electron chi connectivity index (χ3n) is 3.53. The minimum Gasteiger partial charge on any atom is -0.339 e. The molecule has 0 radical (unpaired) electrons. The molecule has 5 nitrogen and oxygen atoms in total. The van der Waals surface area contributed by atoms with E-state index >= 15 is 0 Å². The first-order valence-electron chi connectivity index (χ1n) is 7.75. The number of anilines is 1. The lowest BCUT2D eigenvalue weighted by Gasteiger charge is -2.06. The molecule has 3 rings (SSSR count). The van der Waals surface area contributed by atoms with E-state index in [9.17, 15) is 4.79 Å². The second-order valence-corrected chi connectivity index (χ2v) is 6.19. The zero-order valence-electron chi connectivity index (χ0n) is 13.2. The maximum absolute atomic E-state index is 12.0. The molecule has 0 atom stereocenters. The molecule has 1 heterocycles. The zero-order valence-corrected chi connectivity index (χ0v) is 14.7. The number of carbonyl (C=O) groups is 1. The second kappa shape index (κ2) is 8.14. The molecule has 0 saturated heterocycles. The van der Waals surface area contributed by atoms with Gasteiger partial charge in [0.05, 0.1) is 15.7 Å². The van der Waals surface area contributed by atoms with Crippen LogP contribution in [0.5, 0.6) is 0 Å². The van der Waals surface area contributed by atoms with E-state index in [-0.39, 0.29) is 5.91 Å². The Morgan fingerprint density at radius 1 is 1.04 bits per heavy atom. The SMILES string of the molecule is O=C(CCCc1nc(-c2ccccc2Cl)no1)Nc1ccccc1Cl. The molecule has 0 aliphatic heterocycles. The lowest BCUT2D eigenvalue weighted by molar-refractivity contribution is -0.116. The van der Waals surface area contributed by atoms with Crippen LogP contribution in [0.4, 0.5) is 5.69 Å². The van der Waals surface area contributed by atoms with Crippen LogP contribution in [-0.2, 0) is 11.2 Å². The maximum Gasteiger partial charge on any atom is 0.226 e. The van der Waals surface area contributed by atoms with Crippen LogP contribution in [0.25, 0.3) is 11.4 Å². The lowest BCUT2D eigenvalue weighted by Crippen LogP contribution is -2.11. The van der Waals surface area contributed by atoms with Crippen LogP contribution in [0.2, 0.25) is 10.0 Å². The normalized spacial score (nSPS) is 10.6. The molecule has 1 N–H and O–H groups in total. The number of aromatic nitrogens is 2. The summed E-state index contributed by atoms with van der Waals surface area (Å²) >= 11 is 12.1. The summed E-state index contributed by atoms with van der Waals surface area (Å²) in [6.45, 7) is 0. The van der Waals surface area contributed by atoms with Gasteiger partial charge in [0.1, 0.15) is 0 Å². The zero-order chi connectivity index (χ0) is 17.6. The van der Waals surface area contributed by atoms with Crippen LogP contribution in [0.3, 0.4) is 0 Å². The van der Waals surface area contributed by atoms with Gasteiger partial charge in [-0.3, -0.25) is 4.79 Å². The number of amides is 1. The van der Waals surface area contributed by atoms with E-state index in [1.54, 1.807) is 18.2 Å². The number of benzene rings is 2. The molecule has 1 aromatic heterocycles. The number of hydrogen-bond donors (Lipinski definition) is 1. The Labute approximate surface area is 155 Å². The Hall–Kier alpha value is -2.37. The summed E-state index contributed by atoms with van der Waals surface area (Å²) in [5.41, 5.74) is 1.32. The summed E-state index contributed by atoms with van der Waals surface area (Å²) in [5.74, 6) is 0.806. The van der Waals surface area contributed by atoms with E-state index < -0.39 is 0 Å². The van der Waals surface area contributed by atoms with E-state index in [2.05, 4.69) is 15.5 Å². The average molecular weight is 376 g/mol. The first-order valence-corrected chi connectivity index (χ1v) is 8.51. The van der Waals surface area contributed by atoms with Gasteiger partial charge in [-0.05, 0) is 30.7 Å². The van der Waals surface area contributed by atoms with Crippen molar-refractivity contribution in [2.24, 2.45) is 0 Å².